The number of anilines is 2. The smallest absolute Gasteiger partial charge is 0.137 e. The molecule has 1 fully saturated rings. The summed E-state index contributed by atoms with van der Waals surface area (Å²) in [4.78, 5) is 0.691. The third kappa shape index (κ3) is 4.84. The second-order valence-corrected chi connectivity index (χ2v) is 9.42. The summed E-state index contributed by atoms with van der Waals surface area (Å²) in [5.74, 6) is 0. The molecule has 0 saturated carbocycles. The van der Waals surface area contributed by atoms with Crippen molar-refractivity contribution in [3.8, 4) is 0 Å². The zero-order chi connectivity index (χ0) is 20.4. The number of hydrazine groups is 1. The van der Waals surface area contributed by atoms with Crippen molar-refractivity contribution in [3.05, 3.63) is 56.6 Å². The van der Waals surface area contributed by atoms with Gasteiger partial charge in [-0.3, -0.25) is 5.01 Å². The quantitative estimate of drug-likeness (QED) is 0.320. The average molecular weight is 540 g/mol. The molecule has 0 aliphatic carbocycles. The van der Waals surface area contributed by atoms with Crippen molar-refractivity contribution in [1.82, 2.24) is 10.4 Å². The Morgan fingerprint density at radius 3 is 2.55 bits per heavy atom. The lowest BCUT2D eigenvalue weighted by molar-refractivity contribution is 0.197. The van der Waals surface area contributed by atoms with Crippen LogP contribution < -0.4 is 16.2 Å². The van der Waals surface area contributed by atoms with Crippen LogP contribution in [0.3, 0.4) is 0 Å². The second-order valence-electron chi connectivity index (χ2n) is 7.36. The minimum atomic E-state index is 0.0317. The number of hydrogen-bond acceptors (Lipinski definition) is 5. The van der Waals surface area contributed by atoms with Gasteiger partial charge >= 0.3 is 0 Å². The van der Waals surface area contributed by atoms with Gasteiger partial charge in [-0.05, 0) is 71.3 Å². The van der Waals surface area contributed by atoms with E-state index in [0.717, 1.165) is 30.9 Å². The van der Waals surface area contributed by atoms with Gasteiger partial charge in [0.2, 0.25) is 0 Å². The van der Waals surface area contributed by atoms with Crippen LogP contribution in [0.15, 0.2) is 47.6 Å². The van der Waals surface area contributed by atoms with Crippen LogP contribution in [-0.2, 0) is 0 Å². The molecule has 0 amide bonds. The molecule has 0 radical (unpaired) electrons. The van der Waals surface area contributed by atoms with E-state index in [1.54, 1.807) is 6.07 Å². The van der Waals surface area contributed by atoms with E-state index in [1.165, 1.54) is 28.4 Å². The van der Waals surface area contributed by atoms with Gasteiger partial charge in [0, 0.05) is 28.8 Å². The minimum absolute atomic E-state index is 0.0317. The molecule has 1 saturated heterocycles. The summed E-state index contributed by atoms with van der Waals surface area (Å²) in [6.07, 6.45) is 4.40. The van der Waals surface area contributed by atoms with Crippen molar-refractivity contribution in [2.75, 3.05) is 23.8 Å². The number of nitrogens with one attached hydrogen (secondary N) is 1. The predicted molar refractivity (Wildman–Crippen MR) is 133 cm³/mol. The Morgan fingerprint density at radius 2 is 1.86 bits per heavy atom. The molecule has 2 aromatic rings. The molecular formula is C21H23ClIN5S. The molecule has 4 rings (SSSR count). The highest BCUT2D eigenvalue weighted by Gasteiger charge is 2.32. The number of thiocarbonyl (C=S) groups is 1. The lowest BCUT2D eigenvalue weighted by Gasteiger charge is -2.27. The molecule has 0 spiro atoms. The van der Waals surface area contributed by atoms with E-state index < -0.39 is 0 Å². The normalized spacial score (nSPS) is 19.9. The Bertz CT molecular complexity index is 927. The first-order valence-electron chi connectivity index (χ1n) is 9.74. The van der Waals surface area contributed by atoms with E-state index in [4.69, 9.17) is 34.7 Å². The minimum Gasteiger partial charge on any atom is -0.399 e. The van der Waals surface area contributed by atoms with E-state index >= 15 is 0 Å². The number of nitrogens with zero attached hydrogens (tertiary/aromatic N) is 3. The Hall–Kier alpha value is -1.42. The van der Waals surface area contributed by atoms with Crippen LogP contribution in [0.25, 0.3) is 0 Å². The maximum Gasteiger partial charge on any atom is 0.137 e. The number of nitrogens with two attached hydrogens (primary N) is 1. The van der Waals surface area contributed by atoms with Crippen LogP contribution in [0.2, 0.25) is 5.02 Å². The topological polar surface area (TPSA) is 56.9 Å². The average Bonchev–Trinajstić information content (AvgIpc) is 3.14. The zero-order valence-electron chi connectivity index (χ0n) is 15.9. The lowest BCUT2D eigenvalue weighted by atomic mass is 10.0. The number of hydrazone groups is 1. The molecule has 8 heteroatoms. The van der Waals surface area contributed by atoms with Gasteiger partial charge in [-0.1, -0.05) is 42.4 Å². The summed E-state index contributed by atoms with van der Waals surface area (Å²) in [6, 6.07) is 14.1. The highest BCUT2D eigenvalue weighted by atomic mass is 127. The largest absolute Gasteiger partial charge is 0.399 e. The van der Waals surface area contributed by atoms with Gasteiger partial charge in [-0.25, -0.2) is 5.01 Å². The van der Waals surface area contributed by atoms with Gasteiger partial charge in [0.1, 0.15) is 4.99 Å². The maximum absolute atomic E-state index is 6.52. The first-order chi connectivity index (χ1) is 14.0. The number of rotatable bonds is 4. The summed E-state index contributed by atoms with van der Waals surface area (Å²) >= 11 is 14.5. The molecule has 2 aromatic carbocycles. The number of nitrogen functional groups attached to an aromatic ring is 1. The highest BCUT2D eigenvalue weighted by Crippen LogP contribution is 2.39. The van der Waals surface area contributed by atoms with Crippen molar-refractivity contribution in [2.24, 2.45) is 5.10 Å². The summed E-state index contributed by atoms with van der Waals surface area (Å²) in [5, 5.41) is 9.65. The van der Waals surface area contributed by atoms with Crippen LogP contribution in [0, 0.1) is 3.57 Å². The fraction of sp³-hybridized carbons (Fsp3) is 0.333. The Balaban J connectivity index is 1.62. The first-order valence-corrected chi connectivity index (χ1v) is 11.6. The summed E-state index contributed by atoms with van der Waals surface area (Å²) in [7, 11) is 0. The number of halogens is 2. The second kappa shape index (κ2) is 9.16. The highest BCUT2D eigenvalue weighted by molar-refractivity contribution is 14.1. The molecule has 29 heavy (non-hydrogen) atoms. The molecule has 2 aliphatic rings. The van der Waals surface area contributed by atoms with E-state index in [1.807, 2.05) is 17.1 Å². The van der Waals surface area contributed by atoms with Gasteiger partial charge in [0.15, 0.2) is 0 Å². The number of piperidine rings is 1. The van der Waals surface area contributed by atoms with Crippen molar-refractivity contribution >= 4 is 68.5 Å². The Kier molecular flexibility index (Phi) is 6.58. The number of benzene rings is 2. The van der Waals surface area contributed by atoms with Crippen LogP contribution in [0.4, 0.5) is 11.4 Å². The lowest BCUT2D eigenvalue weighted by Crippen LogP contribution is -2.46. The molecule has 0 aromatic heterocycles. The number of hydrogen-bond donors (Lipinski definition) is 2. The molecule has 3 N–H and O–H groups in total. The van der Waals surface area contributed by atoms with Crippen molar-refractivity contribution in [3.63, 3.8) is 0 Å². The van der Waals surface area contributed by atoms with Crippen LogP contribution >= 0.6 is 46.4 Å². The van der Waals surface area contributed by atoms with Gasteiger partial charge in [0.05, 0.1) is 22.5 Å². The third-order valence-corrected chi connectivity index (χ3v) is 6.61. The molecule has 5 nitrogen and oxygen atoms in total. The van der Waals surface area contributed by atoms with E-state index in [2.05, 4.69) is 57.3 Å². The van der Waals surface area contributed by atoms with E-state index in [0.29, 0.717) is 15.7 Å². The van der Waals surface area contributed by atoms with E-state index in [9.17, 15) is 0 Å². The van der Waals surface area contributed by atoms with Gasteiger partial charge in [-0.15, -0.1) is 0 Å². The predicted octanol–water partition coefficient (Wildman–Crippen LogP) is 5.15. The van der Waals surface area contributed by atoms with Crippen molar-refractivity contribution in [1.29, 1.82) is 0 Å². The maximum atomic E-state index is 6.52. The zero-order valence-corrected chi connectivity index (χ0v) is 19.7. The molecule has 1 atom stereocenters. The molecule has 152 valence electrons. The fourth-order valence-corrected chi connectivity index (χ4v) is 4.63. The van der Waals surface area contributed by atoms with Crippen LogP contribution in [-0.4, -0.2) is 28.8 Å². The standard InChI is InChI=1S/C21H23ClIN5S/c22-17-12-16(24)8-9-19(17)28-20(14-4-6-15(23)7-5-14)13-18(25-28)21(29)26-27-10-2-1-3-11-27/h4-9,12,20H,1-3,10-11,13,24H2,(H,26,29). The molecule has 2 aliphatic heterocycles. The van der Waals surface area contributed by atoms with Crippen LogP contribution in [0.5, 0.6) is 0 Å². The molecular weight excluding hydrogens is 517 g/mol. The Morgan fingerprint density at radius 1 is 1.14 bits per heavy atom. The van der Waals surface area contributed by atoms with Crippen molar-refractivity contribution in [2.45, 2.75) is 31.7 Å². The molecule has 0 bridgehead atoms. The molecule has 1 unspecified atom stereocenters. The van der Waals surface area contributed by atoms with Crippen molar-refractivity contribution < 1.29 is 0 Å². The van der Waals surface area contributed by atoms with Gasteiger partial charge < -0.3 is 11.2 Å². The molecule has 2 heterocycles. The summed E-state index contributed by atoms with van der Waals surface area (Å²) in [6.45, 7) is 2.03. The summed E-state index contributed by atoms with van der Waals surface area (Å²) in [5.41, 5.74) is 12.8. The van der Waals surface area contributed by atoms with Gasteiger partial charge in [-0.2, -0.15) is 5.10 Å². The first kappa shape index (κ1) is 20.8. The SMILES string of the molecule is Nc1ccc(N2N=C(C(=S)NN3CCCCC3)CC2c2ccc(I)cc2)c(Cl)c1. The monoisotopic (exact) mass is 539 g/mol. The van der Waals surface area contributed by atoms with Crippen LogP contribution in [0.1, 0.15) is 37.3 Å². The van der Waals surface area contributed by atoms with Gasteiger partial charge in [0.25, 0.3) is 0 Å². The summed E-state index contributed by atoms with van der Waals surface area (Å²) < 4.78 is 1.20. The third-order valence-electron chi connectivity index (χ3n) is 5.26. The fourth-order valence-electron chi connectivity index (χ4n) is 3.74. The Labute approximate surface area is 195 Å². The van der Waals surface area contributed by atoms with E-state index in [-0.39, 0.29) is 6.04 Å².